The first-order valence-corrected chi connectivity index (χ1v) is 10.9. The van der Waals surface area contributed by atoms with Crippen LogP contribution >= 0.6 is 31.9 Å². The minimum atomic E-state index is -0.0366. The summed E-state index contributed by atoms with van der Waals surface area (Å²) in [6.07, 6.45) is 14.1. The lowest BCUT2D eigenvalue weighted by molar-refractivity contribution is 0.104. The van der Waals surface area contributed by atoms with E-state index in [0.717, 1.165) is 32.1 Å². The molecule has 2 aromatic rings. The number of benzene rings is 2. The molecule has 2 rings (SSSR count). The van der Waals surface area contributed by atoms with Crippen molar-refractivity contribution in [1.82, 2.24) is 0 Å². The van der Waals surface area contributed by atoms with Gasteiger partial charge in [-0.1, -0.05) is 113 Å². The van der Waals surface area contributed by atoms with Crippen molar-refractivity contribution in [3.8, 4) is 0 Å². The SMILES string of the molecule is C/C=C\CC.C=C/C=C(\C=C)c1ccc(C(=O)/C=C/c2cc(Br)cc(Br)c2)cc1. The van der Waals surface area contributed by atoms with Crippen LogP contribution < -0.4 is 0 Å². The number of rotatable bonds is 7. The third-order valence-corrected chi connectivity index (χ3v) is 4.72. The van der Waals surface area contributed by atoms with Crippen LogP contribution in [0.15, 0.2) is 101 Å². The summed E-state index contributed by atoms with van der Waals surface area (Å²) >= 11 is 6.87. The lowest BCUT2D eigenvalue weighted by Crippen LogP contribution is -1.94. The Labute approximate surface area is 191 Å². The average molecular weight is 514 g/mol. The number of hydrogen-bond donors (Lipinski definition) is 0. The van der Waals surface area contributed by atoms with Crippen molar-refractivity contribution in [3.63, 3.8) is 0 Å². The molecule has 0 aromatic heterocycles. The Balaban J connectivity index is 0.000000749. The van der Waals surface area contributed by atoms with Crippen molar-refractivity contribution in [3.05, 3.63) is 118 Å². The van der Waals surface area contributed by atoms with Crippen LogP contribution in [0.25, 0.3) is 11.6 Å². The van der Waals surface area contributed by atoms with Gasteiger partial charge in [0.1, 0.15) is 0 Å². The van der Waals surface area contributed by atoms with E-state index in [-0.39, 0.29) is 5.78 Å². The lowest BCUT2D eigenvalue weighted by Gasteiger charge is -2.03. The quantitative estimate of drug-likeness (QED) is 0.156. The molecule has 150 valence electrons. The van der Waals surface area contributed by atoms with Gasteiger partial charge in [0, 0.05) is 14.5 Å². The van der Waals surface area contributed by atoms with Crippen LogP contribution in [-0.4, -0.2) is 5.78 Å². The molecule has 0 radical (unpaired) electrons. The molecule has 0 amide bonds. The van der Waals surface area contributed by atoms with Crippen molar-refractivity contribution in [2.45, 2.75) is 20.3 Å². The summed E-state index contributed by atoms with van der Waals surface area (Å²) in [4.78, 5) is 12.3. The van der Waals surface area contributed by atoms with Crippen LogP contribution in [0.3, 0.4) is 0 Å². The van der Waals surface area contributed by atoms with Gasteiger partial charge in [-0.15, -0.1) is 0 Å². The summed E-state index contributed by atoms with van der Waals surface area (Å²) in [7, 11) is 0. The largest absolute Gasteiger partial charge is 0.289 e. The predicted octanol–water partition coefficient (Wildman–Crippen LogP) is 8.84. The number of hydrogen-bond acceptors (Lipinski definition) is 1. The van der Waals surface area contributed by atoms with E-state index in [9.17, 15) is 4.79 Å². The number of ketones is 1. The lowest BCUT2D eigenvalue weighted by atomic mass is 10.0. The van der Waals surface area contributed by atoms with E-state index in [2.05, 4.69) is 64.1 Å². The summed E-state index contributed by atoms with van der Waals surface area (Å²) in [5, 5.41) is 0. The van der Waals surface area contributed by atoms with Gasteiger partial charge >= 0.3 is 0 Å². The third-order valence-electron chi connectivity index (χ3n) is 3.80. The highest BCUT2D eigenvalue weighted by Gasteiger charge is 2.03. The maximum Gasteiger partial charge on any atom is 0.185 e. The molecule has 0 aliphatic carbocycles. The Morgan fingerprint density at radius 1 is 1.00 bits per heavy atom. The summed E-state index contributed by atoms with van der Waals surface area (Å²) in [5.74, 6) is -0.0366. The number of halogens is 2. The van der Waals surface area contributed by atoms with Gasteiger partial charge < -0.3 is 0 Å². The zero-order valence-electron chi connectivity index (χ0n) is 16.9. The Bertz CT molecular complexity index is 896. The average Bonchev–Trinajstić information content (AvgIpc) is 2.71. The smallest absolute Gasteiger partial charge is 0.185 e. The maximum absolute atomic E-state index is 12.3. The van der Waals surface area contributed by atoms with Crippen LogP contribution in [0.1, 0.15) is 41.8 Å². The fourth-order valence-electron chi connectivity index (χ4n) is 2.41. The molecule has 0 fully saturated rings. The predicted molar refractivity (Wildman–Crippen MR) is 135 cm³/mol. The molecule has 0 atom stereocenters. The minimum Gasteiger partial charge on any atom is -0.289 e. The van der Waals surface area contributed by atoms with Gasteiger partial charge in [0.15, 0.2) is 5.78 Å². The Kier molecular flexibility index (Phi) is 11.9. The second-order valence-corrected chi connectivity index (χ2v) is 7.85. The van der Waals surface area contributed by atoms with Crippen molar-refractivity contribution in [2.75, 3.05) is 0 Å². The van der Waals surface area contributed by atoms with Gasteiger partial charge in [0.2, 0.25) is 0 Å². The molecule has 1 nitrogen and oxygen atoms in total. The molecule has 0 N–H and O–H groups in total. The number of allylic oxidation sites excluding steroid dienone is 7. The Hall–Kier alpha value is -2.23. The van der Waals surface area contributed by atoms with Crippen LogP contribution in [0.4, 0.5) is 0 Å². The molecule has 0 aliphatic heterocycles. The third kappa shape index (κ3) is 9.21. The normalized spacial score (nSPS) is 11.2. The number of carbonyl (C=O) groups is 1. The fraction of sp³-hybridized carbons (Fsp3) is 0.115. The summed E-state index contributed by atoms with van der Waals surface area (Å²) in [6.45, 7) is 11.6. The van der Waals surface area contributed by atoms with Gasteiger partial charge in [-0.2, -0.15) is 0 Å². The Morgan fingerprint density at radius 2 is 1.59 bits per heavy atom. The topological polar surface area (TPSA) is 17.1 Å². The van der Waals surface area contributed by atoms with E-state index < -0.39 is 0 Å². The highest BCUT2D eigenvalue weighted by molar-refractivity contribution is 9.11. The molecule has 3 heteroatoms. The molecular formula is C26H26Br2O. The van der Waals surface area contributed by atoms with E-state index in [0.29, 0.717) is 5.56 Å². The van der Waals surface area contributed by atoms with Crippen LogP contribution in [-0.2, 0) is 0 Å². The van der Waals surface area contributed by atoms with Crippen LogP contribution in [0, 0.1) is 0 Å². The monoisotopic (exact) mass is 512 g/mol. The highest BCUT2D eigenvalue weighted by atomic mass is 79.9. The summed E-state index contributed by atoms with van der Waals surface area (Å²) in [6, 6.07) is 13.3. The van der Waals surface area contributed by atoms with Crippen molar-refractivity contribution >= 4 is 49.3 Å². The molecule has 29 heavy (non-hydrogen) atoms. The summed E-state index contributed by atoms with van der Waals surface area (Å²) < 4.78 is 1.92. The van der Waals surface area contributed by atoms with E-state index >= 15 is 0 Å². The van der Waals surface area contributed by atoms with Gasteiger partial charge in [-0.25, -0.2) is 0 Å². The van der Waals surface area contributed by atoms with E-state index in [4.69, 9.17) is 0 Å². The molecule has 2 aromatic carbocycles. The zero-order valence-corrected chi connectivity index (χ0v) is 20.0. The molecule has 0 spiro atoms. The minimum absolute atomic E-state index is 0.0366. The van der Waals surface area contributed by atoms with Crippen molar-refractivity contribution < 1.29 is 4.79 Å². The van der Waals surface area contributed by atoms with E-state index in [1.807, 2.05) is 55.5 Å². The first-order valence-electron chi connectivity index (χ1n) is 9.30. The first-order chi connectivity index (χ1) is 13.9. The van der Waals surface area contributed by atoms with E-state index in [1.165, 1.54) is 0 Å². The fourth-order valence-corrected chi connectivity index (χ4v) is 3.74. The van der Waals surface area contributed by atoms with Crippen molar-refractivity contribution in [1.29, 1.82) is 0 Å². The summed E-state index contributed by atoms with van der Waals surface area (Å²) in [5.41, 5.74) is 3.56. The standard InChI is InChI=1S/C21H16Br2O.C5H10/c1-3-5-16(4-2)17-7-9-18(10-8-17)21(24)11-6-15-12-19(22)14-20(23)13-15;1-3-5-4-2/h3-14H,1-2H2;3,5H,4H2,1-2H3/b11-6+,16-5+;5-3-. The van der Waals surface area contributed by atoms with Gasteiger partial charge in [-0.05, 0) is 54.3 Å². The van der Waals surface area contributed by atoms with Gasteiger partial charge in [-0.3, -0.25) is 4.79 Å². The second-order valence-electron chi connectivity index (χ2n) is 6.02. The van der Waals surface area contributed by atoms with Crippen LogP contribution in [0.2, 0.25) is 0 Å². The molecule has 0 aliphatic rings. The molecule has 0 unspecified atom stereocenters. The second kappa shape index (κ2) is 13.9. The maximum atomic E-state index is 12.3. The molecular weight excluding hydrogens is 488 g/mol. The van der Waals surface area contributed by atoms with E-state index in [1.54, 1.807) is 24.3 Å². The Morgan fingerprint density at radius 3 is 2.03 bits per heavy atom. The first kappa shape index (κ1) is 24.8. The molecule has 0 saturated heterocycles. The van der Waals surface area contributed by atoms with Crippen molar-refractivity contribution in [2.24, 2.45) is 0 Å². The molecule has 0 saturated carbocycles. The number of carbonyl (C=O) groups excluding carboxylic acids is 1. The highest BCUT2D eigenvalue weighted by Crippen LogP contribution is 2.21. The van der Waals surface area contributed by atoms with Gasteiger partial charge in [0.25, 0.3) is 0 Å². The molecule has 0 bridgehead atoms. The van der Waals surface area contributed by atoms with Gasteiger partial charge in [0.05, 0.1) is 0 Å². The molecule has 0 heterocycles. The zero-order chi connectivity index (χ0) is 21.6. The van der Waals surface area contributed by atoms with Crippen LogP contribution in [0.5, 0.6) is 0 Å².